The molecular weight excluding hydrogens is 340 g/mol. The Labute approximate surface area is 150 Å². The van der Waals surface area contributed by atoms with Crippen LogP contribution >= 0.6 is 11.6 Å². The summed E-state index contributed by atoms with van der Waals surface area (Å²) in [6.45, 7) is 0. The number of rotatable bonds is 4. The third-order valence-electron chi connectivity index (χ3n) is 4.08. The lowest BCUT2D eigenvalue weighted by atomic mass is 9.84. The van der Waals surface area contributed by atoms with Crippen molar-refractivity contribution in [3.8, 4) is 17.6 Å². The topological polar surface area (TPSA) is 85.3 Å². The second-order valence-electron chi connectivity index (χ2n) is 5.59. The summed E-state index contributed by atoms with van der Waals surface area (Å²) in [7, 11) is 1.54. The predicted octanol–water partition coefficient (Wildman–Crippen LogP) is 3.79. The van der Waals surface area contributed by atoms with Crippen LogP contribution in [0, 0.1) is 11.3 Å². The molecule has 5 nitrogen and oxygen atoms in total. The number of carbonyl (C=O) groups excluding carboxylic acids is 1. The van der Waals surface area contributed by atoms with Crippen molar-refractivity contribution < 1.29 is 14.3 Å². The molecule has 1 aliphatic heterocycles. The van der Waals surface area contributed by atoms with Gasteiger partial charge >= 0.3 is 0 Å². The van der Waals surface area contributed by atoms with E-state index in [-0.39, 0.29) is 23.7 Å². The minimum Gasteiger partial charge on any atom is -0.497 e. The number of hydrogen-bond acceptors (Lipinski definition) is 5. The molecule has 0 amide bonds. The third kappa shape index (κ3) is 3.30. The summed E-state index contributed by atoms with van der Waals surface area (Å²) in [6, 6.07) is 14.0. The first-order chi connectivity index (χ1) is 12.0. The number of nitriles is 1. The molecule has 0 radical (unpaired) electrons. The largest absolute Gasteiger partial charge is 0.497 e. The van der Waals surface area contributed by atoms with Crippen molar-refractivity contribution in [3.63, 3.8) is 0 Å². The SMILES string of the molecule is COc1cccc(C(=O)CC2C(C#N)=C(N)Oc3ccc(Cl)cc32)c1. The van der Waals surface area contributed by atoms with Gasteiger partial charge in [-0.25, -0.2) is 0 Å². The van der Waals surface area contributed by atoms with Crippen LogP contribution in [0.3, 0.4) is 0 Å². The highest BCUT2D eigenvalue weighted by Crippen LogP contribution is 2.41. The number of ether oxygens (including phenoxy) is 2. The van der Waals surface area contributed by atoms with Gasteiger partial charge in [-0.1, -0.05) is 23.7 Å². The smallest absolute Gasteiger partial charge is 0.205 e. The van der Waals surface area contributed by atoms with Crippen LogP contribution in [0.25, 0.3) is 0 Å². The zero-order valence-electron chi connectivity index (χ0n) is 13.5. The van der Waals surface area contributed by atoms with E-state index in [1.807, 2.05) is 0 Å². The molecule has 1 unspecified atom stereocenters. The first-order valence-electron chi connectivity index (χ1n) is 7.57. The fourth-order valence-electron chi connectivity index (χ4n) is 2.83. The molecular formula is C19H15ClN2O3. The first kappa shape index (κ1) is 16.9. The number of nitrogens with two attached hydrogens (primary N) is 1. The van der Waals surface area contributed by atoms with Crippen molar-refractivity contribution in [1.29, 1.82) is 5.26 Å². The highest BCUT2D eigenvalue weighted by atomic mass is 35.5. The van der Waals surface area contributed by atoms with Gasteiger partial charge in [-0.3, -0.25) is 4.79 Å². The average Bonchev–Trinajstić information content (AvgIpc) is 2.62. The van der Waals surface area contributed by atoms with E-state index < -0.39 is 5.92 Å². The zero-order chi connectivity index (χ0) is 18.0. The molecule has 0 saturated carbocycles. The maximum Gasteiger partial charge on any atom is 0.205 e. The molecule has 1 heterocycles. The summed E-state index contributed by atoms with van der Waals surface area (Å²) < 4.78 is 10.6. The normalized spacial score (nSPS) is 15.8. The molecule has 1 atom stereocenters. The second kappa shape index (κ2) is 6.88. The summed E-state index contributed by atoms with van der Waals surface area (Å²) in [4.78, 5) is 12.7. The van der Waals surface area contributed by atoms with Crippen LogP contribution in [0.5, 0.6) is 11.5 Å². The maximum absolute atomic E-state index is 12.7. The van der Waals surface area contributed by atoms with Gasteiger partial charge in [-0.2, -0.15) is 5.26 Å². The number of hydrogen-bond donors (Lipinski definition) is 1. The van der Waals surface area contributed by atoms with Gasteiger partial charge in [-0.15, -0.1) is 0 Å². The molecule has 0 aliphatic carbocycles. The van der Waals surface area contributed by atoms with E-state index in [4.69, 9.17) is 26.8 Å². The Hall–Kier alpha value is -2.97. The second-order valence-corrected chi connectivity index (χ2v) is 6.02. The molecule has 0 bridgehead atoms. The van der Waals surface area contributed by atoms with Crippen molar-refractivity contribution in [2.45, 2.75) is 12.3 Å². The number of ketones is 1. The summed E-state index contributed by atoms with van der Waals surface area (Å²) in [6.07, 6.45) is 0.0768. The molecule has 2 aromatic carbocycles. The summed E-state index contributed by atoms with van der Waals surface area (Å²) in [5, 5.41) is 9.96. The lowest BCUT2D eigenvalue weighted by Crippen LogP contribution is -2.22. The number of methoxy groups -OCH3 is 1. The van der Waals surface area contributed by atoms with Gasteiger partial charge in [0, 0.05) is 28.5 Å². The lowest BCUT2D eigenvalue weighted by Gasteiger charge is -2.25. The van der Waals surface area contributed by atoms with Crippen LogP contribution in [0.1, 0.15) is 28.3 Å². The molecule has 2 aromatic rings. The Bertz CT molecular complexity index is 915. The van der Waals surface area contributed by atoms with Gasteiger partial charge in [0.05, 0.1) is 12.7 Å². The Balaban J connectivity index is 1.98. The molecule has 0 aromatic heterocycles. The summed E-state index contributed by atoms with van der Waals surface area (Å²) in [5.41, 5.74) is 7.27. The number of carbonyl (C=O) groups is 1. The van der Waals surface area contributed by atoms with Crippen LogP contribution < -0.4 is 15.2 Å². The average molecular weight is 355 g/mol. The molecule has 0 saturated heterocycles. The van der Waals surface area contributed by atoms with Crippen molar-refractivity contribution >= 4 is 17.4 Å². The van der Waals surface area contributed by atoms with Gasteiger partial charge in [0.15, 0.2) is 5.78 Å². The van der Waals surface area contributed by atoms with E-state index in [9.17, 15) is 10.1 Å². The fourth-order valence-corrected chi connectivity index (χ4v) is 3.01. The van der Waals surface area contributed by atoms with E-state index >= 15 is 0 Å². The molecule has 3 rings (SSSR count). The third-order valence-corrected chi connectivity index (χ3v) is 4.32. The van der Waals surface area contributed by atoms with E-state index in [1.54, 1.807) is 42.5 Å². The zero-order valence-corrected chi connectivity index (χ0v) is 14.2. The van der Waals surface area contributed by atoms with Crippen molar-refractivity contribution in [2.75, 3.05) is 7.11 Å². The van der Waals surface area contributed by atoms with E-state index in [1.165, 1.54) is 7.11 Å². The van der Waals surface area contributed by atoms with E-state index in [0.717, 1.165) is 0 Å². The van der Waals surface area contributed by atoms with Gasteiger partial charge in [0.25, 0.3) is 0 Å². The van der Waals surface area contributed by atoms with E-state index in [0.29, 0.717) is 27.6 Å². The highest BCUT2D eigenvalue weighted by molar-refractivity contribution is 6.30. The number of benzene rings is 2. The lowest BCUT2D eigenvalue weighted by molar-refractivity contribution is 0.0976. The summed E-state index contributed by atoms with van der Waals surface area (Å²) >= 11 is 6.08. The maximum atomic E-state index is 12.7. The van der Waals surface area contributed by atoms with Crippen LogP contribution in [0.4, 0.5) is 0 Å². The van der Waals surface area contributed by atoms with Crippen LogP contribution in [0.15, 0.2) is 53.9 Å². The molecule has 1 aliphatic rings. The van der Waals surface area contributed by atoms with Gasteiger partial charge in [-0.05, 0) is 30.3 Å². The monoisotopic (exact) mass is 354 g/mol. The molecule has 0 spiro atoms. The van der Waals surface area contributed by atoms with Crippen molar-refractivity contribution in [3.05, 3.63) is 70.1 Å². The standard InChI is InChI=1S/C19H15ClN2O3/c1-24-13-4-2-3-11(7-13)17(23)9-14-15-8-12(20)5-6-18(15)25-19(22)16(14)10-21/h2-8,14H,9,22H2,1H3. The van der Waals surface area contributed by atoms with Crippen LogP contribution in [-0.4, -0.2) is 12.9 Å². The Morgan fingerprint density at radius 2 is 2.16 bits per heavy atom. The van der Waals surface area contributed by atoms with Crippen LogP contribution in [-0.2, 0) is 0 Å². The van der Waals surface area contributed by atoms with Crippen molar-refractivity contribution in [2.24, 2.45) is 5.73 Å². The summed E-state index contributed by atoms with van der Waals surface area (Å²) in [5.74, 6) is 0.477. The molecule has 0 fully saturated rings. The predicted molar refractivity (Wildman–Crippen MR) is 93.6 cm³/mol. The number of nitrogens with zero attached hydrogens (tertiary/aromatic N) is 1. The highest BCUT2D eigenvalue weighted by Gasteiger charge is 2.31. The minimum absolute atomic E-state index is 0.0146. The van der Waals surface area contributed by atoms with Crippen LogP contribution in [0.2, 0.25) is 5.02 Å². The molecule has 2 N–H and O–H groups in total. The number of allylic oxidation sites excluding steroid dienone is 1. The number of halogens is 1. The fraction of sp³-hybridized carbons (Fsp3) is 0.158. The van der Waals surface area contributed by atoms with Gasteiger partial charge in [0.2, 0.25) is 5.88 Å². The molecule has 25 heavy (non-hydrogen) atoms. The Morgan fingerprint density at radius 1 is 1.36 bits per heavy atom. The number of Topliss-reactive ketones (excluding diaryl/α,β-unsaturated/α-hetero) is 1. The molecule has 126 valence electrons. The number of fused-ring (bicyclic) bond motifs is 1. The first-order valence-corrected chi connectivity index (χ1v) is 7.95. The van der Waals surface area contributed by atoms with Crippen molar-refractivity contribution in [1.82, 2.24) is 0 Å². The minimum atomic E-state index is -0.508. The Morgan fingerprint density at radius 3 is 2.88 bits per heavy atom. The molecule has 6 heteroatoms. The van der Waals surface area contributed by atoms with Gasteiger partial charge < -0.3 is 15.2 Å². The van der Waals surface area contributed by atoms with Gasteiger partial charge in [0.1, 0.15) is 17.6 Å². The Kier molecular flexibility index (Phi) is 4.64. The van der Waals surface area contributed by atoms with E-state index in [2.05, 4.69) is 6.07 Å². The quantitative estimate of drug-likeness (QED) is 0.844.